The van der Waals surface area contributed by atoms with Crippen molar-refractivity contribution in [1.29, 1.82) is 0 Å². The van der Waals surface area contributed by atoms with Gasteiger partial charge in [0.2, 0.25) is 5.82 Å². The molecule has 3 aromatic rings. The van der Waals surface area contributed by atoms with Crippen LogP contribution in [0.1, 0.15) is 65.5 Å². The third-order valence-corrected chi connectivity index (χ3v) is 6.37. The van der Waals surface area contributed by atoms with E-state index in [-0.39, 0.29) is 5.54 Å². The Bertz CT molecular complexity index is 1130. The molecule has 37 heavy (non-hydrogen) atoms. The fourth-order valence-corrected chi connectivity index (χ4v) is 4.15. The molecule has 0 atom stereocenters. The minimum atomic E-state index is -0.688. The van der Waals surface area contributed by atoms with Crippen molar-refractivity contribution in [1.82, 2.24) is 15.0 Å². The van der Waals surface area contributed by atoms with Crippen molar-refractivity contribution in [3.8, 4) is 22.8 Å². The van der Waals surface area contributed by atoms with Crippen molar-refractivity contribution in [3.05, 3.63) is 59.7 Å². The zero-order valence-corrected chi connectivity index (χ0v) is 23.1. The molecule has 1 aromatic heterocycles. The van der Waals surface area contributed by atoms with E-state index >= 15 is 0 Å². The quantitative estimate of drug-likeness (QED) is 0.403. The number of carboxylic acid groups (broad SMARTS) is 1. The maximum absolute atomic E-state index is 11.4. The number of aliphatic carboxylic acids is 1. The van der Waals surface area contributed by atoms with E-state index in [1.54, 1.807) is 0 Å². The second-order valence-electron chi connectivity index (χ2n) is 11.9. The number of aromatic nitrogens is 2. The maximum atomic E-state index is 11.4. The first kappa shape index (κ1) is 28.5. The van der Waals surface area contributed by atoms with Gasteiger partial charge in [0.15, 0.2) is 0 Å². The van der Waals surface area contributed by atoms with Crippen molar-refractivity contribution < 1.29 is 14.4 Å². The lowest BCUT2D eigenvalue weighted by atomic mass is 9.80. The second-order valence-corrected chi connectivity index (χ2v) is 11.9. The highest BCUT2D eigenvalue weighted by Gasteiger charge is 2.36. The summed E-state index contributed by atoms with van der Waals surface area (Å²) in [7, 11) is 0. The average molecular weight is 507 g/mol. The van der Waals surface area contributed by atoms with Crippen LogP contribution in [-0.4, -0.2) is 44.7 Å². The maximum Gasteiger partial charge on any atom is 0.309 e. The highest BCUT2D eigenvalue weighted by Crippen LogP contribution is 2.32. The molecule has 200 valence electrons. The monoisotopic (exact) mass is 506 g/mol. The molecule has 7 heteroatoms. The molecule has 4 rings (SSSR count). The van der Waals surface area contributed by atoms with E-state index in [0.717, 1.165) is 37.2 Å². The highest BCUT2D eigenvalue weighted by atomic mass is 16.5. The van der Waals surface area contributed by atoms with Gasteiger partial charge in [0, 0.05) is 23.2 Å². The molecule has 0 unspecified atom stereocenters. The van der Waals surface area contributed by atoms with Gasteiger partial charge in [-0.2, -0.15) is 4.98 Å². The Morgan fingerprint density at radius 1 is 1.03 bits per heavy atom. The molecule has 1 saturated heterocycles. The first-order valence-electron chi connectivity index (χ1n) is 13.1. The van der Waals surface area contributed by atoms with Crippen molar-refractivity contribution in [2.75, 3.05) is 13.1 Å². The molecule has 2 aromatic carbocycles. The Hall–Kier alpha value is -3.03. The molecule has 0 saturated carbocycles. The zero-order chi connectivity index (χ0) is 27.2. The van der Waals surface area contributed by atoms with E-state index in [0.29, 0.717) is 30.5 Å². The summed E-state index contributed by atoms with van der Waals surface area (Å²) in [5.74, 6) is 1.04. The number of nitrogens with zero attached hydrogens (tertiary/aromatic N) is 3. The minimum Gasteiger partial charge on any atom is -0.481 e. The van der Waals surface area contributed by atoms with Crippen LogP contribution in [0.5, 0.6) is 0 Å². The lowest BCUT2D eigenvalue weighted by molar-refractivity contribution is -0.150. The summed E-state index contributed by atoms with van der Waals surface area (Å²) in [5, 5.41) is 13.6. The number of carbonyl (C=O) groups is 1. The molecule has 1 aliphatic rings. The smallest absolute Gasteiger partial charge is 0.309 e. The topological polar surface area (TPSA) is 105 Å². The van der Waals surface area contributed by atoms with E-state index in [1.165, 1.54) is 11.1 Å². The fraction of sp³-hybridized carbons (Fsp3) is 0.500. The second kappa shape index (κ2) is 12.0. The van der Waals surface area contributed by atoms with E-state index in [2.05, 4.69) is 53.2 Å². The Kier molecular flexibility index (Phi) is 9.26. The summed E-state index contributed by atoms with van der Waals surface area (Å²) >= 11 is 0. The lowest BCUT2D eigenvalue weighted by Crippen LogP contribution is -2.42. The molecule has 0 bridgehead atoms. The molecule has 0 spiro atoms. The van der Waals surface area contributed by atoms with Gasteiger partial charge in [-0.3, -0.25) is 9.69 Å². The third kappa shape index (κ3) is 8.79. The Labute approximate surface area is 221 Å². The summed E-state index contributed by atoms with van der Waals surface area (Å²) in [6.45, 7) is 14.6. The molecule has 2 heterocycles. The van der Waals surface area contributed by atoms with Crippen LogP contribution in [0.15, 0.2) is 53.1 Å². The third-order valence-electron chi connectivity index (χ3n) is 6.37. The number of likely N-dealkylation sites (tertiary alicyclic amines) is 1. The molecular formula is C30H42N4O3. The van der Waals surface area contributed by atoms with Crippen LogP contribution in [0.2, 0.25) is 0 Å². The van der Waals surface area contributed by atoms with Gasteiger partial charge in [-0.15, -0.1) is 0 Å². The largest absolute Gasteiger partial charge is 0.481 e. The van der Waals surface area contributed by atoms with Crippen LogP contribution >= 0.6 is 0 Å². The van der Waals surface area contributed by atoms with Gasteiger partial charge in [-0.05, 0) is 89.2 Å². The number of benzene rings is 2. The zero-order valence-electron chi connectivity index (χ0n) is 23.1. The number of hydrogen-bond donors (Lipinski definition) is 2. The van der Waals surface area contributed by atoms with E-state index in [4.69, 9.17) is 10.3 Å². The van der Waals surface area contributed by atoms with Crippen LogP contribution < -0.4 is 5.73 Å². The van der Waals surface area contributed by atoms with E-state index < -0.39 is 11.4 Å². The lowest BCUT2D eigenvalue weighted by Gasteiger charge is -2.36. The molecule has 7 nitrogen and oxygen atoms in total. The number of rotatable bonds is 7. The molecule has 0 radical (unpaired) electrons. The van der Waals surface area contributed by atoms with Gasteiger partial charge in [-0.25, -0.2) is 0 Å². The van der Waals surface area contributed by atoms with Crippen LogP contribution in [0, 0.1) is 11.3 Å². The minimum absolute atomic E-state index is 0. The van der Waals surface area contributed by atoms with Crippen LogP contribution in [0.3, 0.4) is 0 Å². The number of piperidine rings is 1. The molecular weight excluding hydrogens is 464 g/mol. The SMILES string of the molecule is CC(C)(C)N.CC(C)Cc1ccc(-c2nc(-c3ccc(CN4CCC(C)(C(=O)O)CC4)cc3)no2)cc1. The first-order valence-corrected chi connectivity index (χ1v) is 13.1. The molecule has 0 aliphatic carbocycles. The molecule has 0 amide bonds. The number of carboxylic acids is 1. The highest BCUT2D eigenvalue weighted by molar-refractivity contribution is 5.74. The number of hydrogen-bond acceptors (Lipinski definition) is 6. The van der Waals surface area contributed by atoms with Gasteiger partial charge in [-0.1, -0.05) is 55.4 Å². The molecule has 3 N–H and O–H groups in total. The van der Waals surface area contributed by atoms with E-state index in [9.17, 15) is 9.90 Å². The Morgan fingerprint density at radius 2 is 1.54 bits per heavy atom. The van der Waals surface area contributed by atoms with Crippen LogP contribution in [-0.2, 0) is 17.8 Å². The van der Waals surface area contributed by atoms with Gasteiger partial charge in [0.05, 0.1) is 5.41 Å². The van der Waals surface area contributed by atoms with Gasteiger partial charge < -0.3 is 15.4 Å². The summed E-state index contributed by atoms with van der Waals surface area (Å²) in [6, 6.07) is 16.5. The Balaban J connectivity index is 0.000000695. The van der Waals surface area contributed by atoms with Crippen molar-refractivity contribution in [2.24, 2.45) is 17.1 Å². The number of nitrogens with two attached hydrogens (primary N) is 1. The summed E-state index contributed by atoms with van der Waals surface area (Å²) in [6.07, 6.45) is 2.42. The van der Waals surface area contributed by atoms with Gasteiger partial charge in [0.25, 0.3) is 5.89 Å². The summed E-state index contributed by atoms with van der Waals surface area (Å²) in [5.41, 5.74) is 9.10. The van der Waals surface area contributed by atoms with Crippen LogP contribution in [0.4, 0.5) is 0 Å². The standard InChI is InChI=1S/C26H31N3O3.C4H11N/c1-18(2)16-19-4-10-22(11-5-19)24-27-23(28-32-24)21-8-6-20(7-9-21)17-29-14-12-26(3,13-15-29)25(30)31;1-4(2,3)5/h4-11,18H,12-17H2,1-3H3,(H,30,31);5H2,1-3H3. The summed E-state index contributed by atoms with van der Waals surface area (Å²) < 4.78 is 5.50. The van der Waals surface area contributed by atoms with Gasteiger partial charge in [0.1, 0.15) is 0 Å². The fourth-order valence-electron chi connectivity index (χ4n) is 4.15. The normalized spacial score (nSPS) is 15.8. The predicted octanol–water partition coefficient (Wildman–Crippen LogP) is 6.03. The molecule has 1 fully saturated rings. The van der Waals surface area contributed by atoms with Crippen LogP contribution in [0.25, 0.3) is 22.8 Å². The van der Waals surface area contributed by atoms with Crippen molar-refractivity contribution in [3.63, 3.8) is 0 Å². The summed E-state index contributed by atoms with van der Waals surface area (Å²) in [4.78, 5) is 18.3. The average Bonchev–Trinajstić information content (AvgIpc) is 3.30. The van der Waals surface area contributed by atoms with Crippen molar-refractivity contribution in [2.45, 2.75) is 72.9 Å². The van der Waals surface area contributed by atoms with Gasteiger partial charge >= 0.3 is 5.97 Å². The molecule has 1 aliphatic heterocycles. The van der Waals surface area contributed by atoms with E-state index in [1.807, 2.05) is 52.0 Å². The Morgan fingerprint density at radius 3 is 2.05 bits per heavy atom. The predicted molar refractivity (Wildman–Crippen MR) is 148 cm³/mol. The first-order chi connectivity index (χ1) is 17.3. The van der Waals surface area contributed by atoms with Crippen molar-refractivity contribution >= 4 is 5.97 Å².